The molecule has 0 saturated heterocycles. The van der Waals surface area contributed by atoms with Gasteiger partial charge in [-0.25, -0.2) is 4.79 Å². The smallest absolute Gasteiger partial charge is 0.377 e. The van der Waals surface area contributed by atoms with Gasteiger partial charge in [-0.05, 0) is 6.42 Å². The summed E-state index contributed by atoms with van der Waals surface area (Å²) in [5.74, 6) is -1.26. The van der Waals surface area contributed by atoms with Gasteiger partial charge in [0.1, 0.15) is 0 Å². The first kappa shape index (κ1) is 12.2. The predicted molar refractivity (Wildman–Crippen MR) is 54.7 cm³/mol. The molecule has 0 saturated carbocycles. The monoisotopic (exact) mass is 226 g/mol. The van der Waals surface area contributed by atoms with E-state index >= 15 is 0 Å². The zero-order valence-corrected chi connectivity index (χ0v) is 9.23. The number of primary amides is 1. The maximum atomic E-state index is 11.3. The maximum Gasteiger partial charge on any atom is 0.377 e. The minimum absolute atomic E-state index is 0.0171. The normalized spacial score (nSPS) is 12.1. The molecule has 0 spiro atoms. The van der Waals surface area contributed by atoms with Gasteiger partial charge in [-0.15, -0.1) is 0 Å². The highest BCUT2D eigenvalue weighted by atomic mass is 16.6. The molecule has 0 radical (unpaired) electrons. The molecular weight excluding hydrogens is 212 g/mol. The number of aromatic nitrogens is 1. The van der Waals surface area contributed by atoms with Gasteiger partial charge >= 0.3 is 5.97 Å². The van der Waals surface area contributed by atoms with E-state index in [1.54, 1.807) is 0 Å². The molecule has 0 unspecified atom stereocenters. The number of hydrogen-bond donors (Lipinski definition) is 1. The van der Waals surface area contributed by atoms with Crippen LogP contribution in [0.25, 0.3) is 0 Å². The van der Waals surface area contributed by atoms with Crippen molar-refractivity contribution < 1.29 is 18.8 Å². The molecule has 0 bridgehead atoms. The highest BCUT2D eigenvalue weighted by molar-refractivity contribution is 5.88. The van der Waals surface area contributed by atoms with E-state index in [4.69, 9.17) is 10.3 Å². The Labute approximate surface area is 92.7 Å². The zero-order chi connectivity index (χ0) is 12.1. The van der Waals surface area contributed by atoms with E-state index in [1.807, 2.05) is 13.8 Å². The van der Waals surface area contributed by atoms with Gasteiger partial charge in [-0.1, -0.05) is 19.0 Å². The van der Waals surface area contributed by atoms with Crippen LogP contribution >= 0.6 is 0 Å². The Balaban J connectivity index is 2.63. The molecular formula is C10H14N2O4. The molecule has 0 aliphatic rings. The van der Waals surface area contributed by atoms with Crippen LogP contribution in [0.1, 0.15) is 42.4 Å². The molecule has 1 atom stereocenters. The van der Waals surface area contributed by atoms with Crippen LogP contribution in [0.3, 0.4) is 0 Å². The molecule has 0 fully saturated rings. The lowest BCUT2D eigenvalue weighted by atomic mass is 10.1. The summed E-state index contributed by atoms with van der Waals surface area (Å²) in [6.07, 6.45) is 0.891. The van der Waals surface area contributed by atoms with Crippen LogP contribution in [0.2, 0.25) is 0 Å². The highest BCUT2D eigenvalue weighted by Gasteiger charge is 2.17. The molecule has 0 aliphatic heterocycles. The van der Waals surface area contributed by atoms with Crippen molar-refractivity contribution in [3.63, 3.8) is 0 Å². The number of ether oxygens (including phenoxy) is 1. The SMILES string of the molecule is CC[C@H](C)c1cc(C(=O)OCC(N)=O)on1. The molecule has 6 nitrogen and oxygen atoms in total. The van der Waals surface area contributed by atoms with E-state index in [0.29, 0.717) is 5.69 Å². The average molecular weight is 226 g/mol. The Kier molecular flexibility index (Phi) is 4.04. The Morgan fingerprint density at radius 3 is 2.88 bits per heavy atom. The van der Waals surface area contributed by atoms with Gasteiger partial charge in [0.25, 0.3) is 5.91 Å². The summed E-state index contributed by atoms with van der Waals surface area (Å²) < 4.78 is 9.37. The second kappa shape index (κ2) is 5.29. The van der Waals surface area contributed by atoms with E-state index in [1.165, 1.54) is 6.07 Å². The van der Waals surface area contributed by atoms with E-state index in [0.717, 1.165) is 6.42 Å². The van der Waals surface area contributed by atoms with E-state index in [2.05, 4.69) is 9.89 Å². The zero-order valence-electron chi connectivity index (χ0n) is 9.23. The van der Waals surface area contributed by atoms with Crippen LogP contribution < -0.4 is 5.73 Å². The fourth-order valence-corrected chi connectivity index (χ4v) is 1.03. The Morgan fingerprint density at radius 1 is 1.62 bits per heavy atom. The number of esters is 1. The Morgan fingerprint density at radius 2 is 2.31 bits per heavy atom. The Bertz CT molecular complexity index is 386. The summed E-state index contributed by atoms with van der Waals surface area (Å²) in [4.78, 5) is 21.7. The molecule has 0 aliphatic carbocycles. The Hall–Kier alpha value is -1.85. The molecule has 6 heteroatoms. The van der Waals surface area contributed by atoms with Crippen molar-refractivity contribution >= 4 is 11.9 Å². The molecule has 2 N–H and O–H groups in total. The lowest BCUT2D eigenvalue weighted by Crippen LogP contribution is -2.20. The first-order valence-electron chi connectivity index (χ1n) is 4.96. The van der Waals surface area contributed by atoms with Crippen LogP contribution in [-0.4, -0.2) is 23.6 Å². The minimum Gasteiger partial charge on any atom is -0.450 e. The van der Waals surface area contributed by atoms with Crippen molar-refractivity contribution in [3.05, 3.63) is 17.5 Å². The highest BCUT2D eigenvalue weighted by Crippen LogP contribution is 2.18. The number of hydrogen-bond acceptors (Lipinski definition) is 5. The van der Waals surface area contributed by atoms with E-state index in [9.17, 15) is 9.59 Å². The third-order valence-corrected chi connectivity index (χ3v) is 2.19. The van der Waals surface area contributed by atoms with Crippen LogP contribution in [0.5, 0.6) is 0 Å². The number of carbonyl (C=O) groups is 2. The van der Waals surface area contributed by atoms with Crippen molar-refractivity contribution in [2.45, 2.75) is 26.2 Å². The summed E-state index contributed by atoms with van der Waals surface area (Å²) in [7, 11) is 0. The number of rotatable bonds is 5. The summed E-state index contributed by atoms with van der Waals surface area (Å²) in [6, 6.07) is 1.51. The fraction of sp³-hybridized carbons (Fsp3) is 0.500. The quantitative estimate of drug-likeness (QED) is 0.750. The lowest BCUT2D eigenvalue weighted by molar-refractivity contribution is -0.121. The van der Waals surface area contributed by atoms with Gasteiger partial charge in [-0.3, -0.25) is 4.79 Å². The summed E-state index contributed by atoms with van der Waals surface area (Å²) in [6.45, 7) is 3.51. The van der Waals surface area contributed by atoms with Gasteiger partial charge in [0.05, 0.1) is 5.69 Å². The predicted octanol–water partition coefficient (Wildman–Crippen LogP) is 0.830. The van der Waals surface area contributed by atoms with Crippen LogP contribution in [0, 0.1) is 0 Å². The molecule has 1 amide bonds. The molecule has 1 rings (SSSR count). The number of amides is 1. The number of carbonyl (C=O) groups excluding carboxylic acids is 2. The van der Waals surface area contributed by atoms with Crippen molar-refractivity contribution in [2.75, 3.05) is 6.61 Å². The van der Waals surface area contributed by atoms with Gasteiger partial charge in [0, 0.05) is 12.0 Å². The second-order valence-corrected chi connectivity index (χ2v) is 3.47. The van der Waals surface area contributed by atoms with Crippen molar-refractivity contribution in [3.8, 4) is 0 Å². The summed E-state index contributed by atoms with van der Waals surface area (Å²) in [5.41, 5.74) is 5.52. The van der Waals surface area contributed by atoms with E-state index in [-0.39, 0.29) is 11.7 Å². The third-order valence-electron chi connectivity index (χ3n) is 2.19. The molecule has 1 aromatic rings. The minimum atomic E-state index is -0.735. The molecule has 16 heavy (non-hydrogen) atoms. The van der Waals surface area contributed by atoms with E-state index < -0.39 is 18.5 Å². The largest absolute Gasteiger partial charge is 0.450 e. The van der Waals surface area contributed by atoms with Crippen molar-refractivity contribution in [1.29, 1.82) is 0 Å². The van der Waals surface area contributed by atoms with Gasteiger partial charge < -0.3 is 15.0 Å². The lowest BCUT2D eigenvalue weighted by Gasteiger charge is -2.00. The van der Waals surface area contributed by atoms with Gasteiger partial charge in [0.15, 0.2) is 6.61 Å². The number of nitrogens with two attached hydrogens (primary N) is 1. The first-order valence-corrected chi connectivity index (χ1v) is 4.96. The van der Waals surface area contributed by atoms with Crippen LogP contribution in [0.15, 0.2) is 10.6 Å². The standard InChI is InChI=1S/C10H14N2O4/c1-3-6(2)7-4-8(16-12-7)10(14)15-5-9(11)13/h4,6H,3,5H2,1-2H3,(H2,11,13)/t6-/m0/s1. The summed E-state index contributed by atoms with van der Waals surface area (Å²) >= 11 is 0. The first-order chi connectivity index (χ1) is 7.54. The number of nitrogens with zero attached hydrogens (tertiary/aromatic N) is 1. The second-order valence-electron chi connectivity index (χ2n) is 3.47. The maximum absolute atomic E-state index is 11.3. The van der Waals surface area contributed by atoms with Gasteiger partial charge in [0.2, 0.25) is 5.76 Å². The topological polar surface area (TPSA) is 95.4 Å². The van der Waals surface area contributed by atoms with Crippen LogP contribution in [0.4, 0.5) is 0 Å². The van der Waals surface area contributed by atoms with Crippen molar-refractivity contribution in [1.82, 2.24) is 5.16 Å². The van der Waals surface area contributed by atoms with Crippen LogP contribution in [-0.2, 0) is 9.53 Å². The molecule has 88 valence electrons. The molecule has 1 heterocycles. The average Bonchev–Trinajstić information content (AvgIpc) is 2.74. The van der Waals surface area contributed by atoms with Gasteiger partial charge in [-0.2, -0.15) is 0 Å². The third kappa shape index (κ3) is 3.08. The summed E-state index contributed by atoms with van der Waals surface area (Å²) in [5, 5.41) is 3.74. The molecule has 1 aromatic heterocycles. The molecule has 0 aromatic carbocycles. The fourth-order valence-electron chi connectivity index (χ4n) is 1.03. The van der Waals surface area contributed by atoms with Crippen molar-refractivity contribution in [2.24, 2.45) is 5.73 Å².